The van der Waals surface area contributed by atoms with Crippen LogP contribution in [0.15, 0.2) is 36.7 Å². The van der Waals surface area contributed by atoms with Gasteiger partial charge in [0.25, 0.3) is 0 Å². The first-order chi connectivity index (χ1) is 10.3. The van der Waals surface area contributed by atoms with Crippen LogP contribution < -0.4 is 4.74 Å². The molecule has 1 saturated carbocycles. The molecule has 4 heteroatoms. The number of para-hydroxylation sites is 1. The number of fused-ring (bicyclic) bond motifs is 1. The van der Waals surface area contributed by atoms with Crippen molar-refractivity contribution in [2.75, 3.05) is 7.11 Å². The molecule has 4 rings (SSSR count). The fraction of sp³-hybridized carbons (Fsp3) is 0.294. The molecule has 1 fully saturated rings. The molecule has 1 aliphatic rings. The largest absolute Gasteiger partial charge is 0.494 e. The lowest BCUT2D eigenvalue weighted by Gasteiger charge is -2.11. The standard InChI is InChI=1S/C17H17N3O/c1-20-10-12(9-18-20)15-8-14(11-6-7-11)13-4-3-5-16(21-2)17(13)19-15/h3-5,8-11H,6-7H2,1-2H3. The van der Waals surface area contributed by atoms with E-state index in [0.29, 0.717) is 5.92 Å². The van der Waals surface area contributed by atoms with Gasteiger partial charge in [0.1, 0.15) is 11.3 Å². The molecule has 1 aromatic carbocycles. The first kappa shape index (κ1) is 12.4. The minimum Gasteiger partial charge on any atom is -0.494 e. The molecule has 0 unspecified atom stereocenters. The van der Waals surface area contributed by atoms with E-state index in [9.17, 15) is 0 Å². The van der Waals surface area contributed by atoms with Gasteiger partial charge in [-0.25, -0.2) is 4.98 Å². The summed E-state index contributed by atoms with van der Waals surface area (Å²) in [4.78, 5) is 4.82. The Kier molecular flexibility index (Phi) is 2.70. The zero-order valence-electron chi connectivity index (χ0n) is 12.2. The van der Waals surface area contributed by atoms with Gasteiger partial charge in [0.2, 0.25) is 0 Å². The van der Waals surface area contributed by atoms with Crippen molar-refractivity contribution in [1.82, 2.24) is 14.8 Å². The van der Waals surface area contributed by atoms with Gasteiger partial charge in [-0.1, -0.05) is 12.1 Å². The molecular weight excluding hydrogens is 262 g/mol. The fourth-order valence-electron chi connectivity index (χ4n) is 2.85. The normalized spacial score (nSPS) is 14.6. The van der Waals surface area contributed by atoms with Crippen LogP contribution in [0.4, 0.5) is 0 Å². The molecule has 0 saturated heterocycles. The van der Waals surface area contributed by atoms with E-state index in [1.807, 2.05) is 31.6 Å². The van der Waals surface area contributed by atoms with Gasteiger partial charge >= 0.3 is 0 Å². The topological polar surface area (TPSA) is 39.9 Å². The number of methoxy groups -OCH3 is 1. The lowest BCUT2D eigenvalue weighted by molar-refractivity contribution is 0.419. The van der Waals surface area contributed by atoms with Gasteiger partial charge in [-0.3, -0.25) is 4.68 Å². The SMILES string of the molecule is COc1cccc2c(C3CC3)cc(-c3cnn(C)c3)nc12. The van der Waals surface area contributed by atoms with Crippen LogP contribution in [-0.4, -0.2) is 21.9 Å². The highest BCUT2D eigenvalue weighted by molar-refractivity contribution is 5.90. The summed E-state index contributed by atoms with van der Waals surface area (Å²) in [5.41, 5.74) is 4.36. The summed E-state index contributed by atoms with van der Waals surface area (Å²) in [7, 11) is 3.62. The molecule has 2 aromatic heterocycles. The summed E-state index contributed by atoms with van der Waals surface area (Å²) in [6, 6.07) is 8.37. The molecule has 0 amide bonds. The van der Waals surface area contributed by atoms with Crippen molar-refractivity contribution in [3.63, 3.8) is 0 Å². The van der Waals surface area contributed by atoms with Crippen molar-refractivity contribution in [1.29, 1.82) is 0 Å². The van der Waals surface area contributed by atoms with Crippen molar-refractivity contribution < 1.29 is 4.74 Å². The number of benzene rings is 1. The summed E-state index contributed by atoms with van der Waals surface area (Å²) in [5, 5.41) is 5.46. The zero-order chi connectivity index (χ0) is 14.4. The third kappa shape index (κ3) is 2.07. The number of ether oxygens (including phenoxy) is 1. The third-order valence-corrected chi connectivity index (χ3v) is 4.07. The molecular formula is C17H17N3O. The van der Waals surface area contributed by atoms with Crippen molar-refractivity contribution in [2.24, 2.45) is 7.05 Å². The van der Waals surface area contributed by atoms with Gasteiger partial charge in [-0.15, -0.1) is 0 Å². The minimum atomic E-state index is 0.665. The number of rotatable bonds is 3. The fourth-order valence-corrected chi connectivity index (χ4v) is 2.85. The Morgan fingerprint density at radius 1 is 1.29 bits per heavy atom. The molecule has 0 spiro atoms. The van der Waals surface area contributed by atoms with E-state index in [4.69, 9.17) is 9.72 Å². The molecule has 0 aliphatic heterocycles. The third-order valence-electron chi connectivity index (χ3n) is 4.07. The molecule has 0 bridgehead atoms. The van der Waals surface area contributed by atoms with E-state index < -0.39 is 0 Å². The Bertz CT molecular complexity index is 818. The average molecular weight is 279 g/mol. The quantitative estimate of drug-likeness (QED) is 0.736. The molecule has 0 N–H and O–H groups in total. The van der Waals surface area contributed by atoms with E-state index in [-0.39, 0.29) is 0 Å². The van der Waals surface area contributed by atoms with E-state index >= 15 is 0 Å². The zero-order valence-corrected chi connectivity index (χ0v) is 12.2. The highest BCUT2D eigenvalue weighted by atomic mass is 16.5. The van der Waals surface area contributed by atoms with Crippen LogP contribution in [0.1, 0.15) is 24.3 Å². The molecule has 2 heterocycles. The minimum absolute atomic E-state index is 0.665. The number of pyridine rings is 1. The Morgan fingerprint density at radius 2 is 2.14 bits per heavy atom. The Labute approximate surface area is 123 Å². The summed E-state index contributed by atoms with van der Waals surface area (Å²) in [6.07, 6.45) is 6.39. The first-order valence-electron chi connectivity index (χ1n) is 7.23. The summed E-state index contributed by atoms with van der Waals surface area (Å²) in [6.45, 7) is 0. The van der Waals surface area contributed by atoms with Gasteiger partial charge < -0.3 is 4.74 Å². The van der Waals surface area contributed by atoms with Crippen molar-refractivity contribution in [3.05, 3.63) is 42.2 Å². The second-order valence-corrected chi connectivity index (χ2v) is 5.63. The van der Waals surface area contributed by atoms with Gasteiger partial charge in [-0.2, -0.15) is 5.10 Å². The predicted octanol–water partition coefficient (Wildman–Crippen LogP) is 3.52. The van der Waals surface area contributed by atoms with Gasteiger partial charge in [0.05, 0.1) is 19.0 Å². The van der Waals surface area contributed by atoms with E-state index in [1.165, 1.54) is 23.8 Å². The summed E-state index contributed by atoms with van der Waals surface area (Å²) in [5.74, 6) is 1.50. The molecule has 0 radical (unpaired) electrons. The van der Waals surface area contributed by atoms with Crippen LogP contribution in [-0.2, 0) is 7.05 Å². The predicted molar refractivity (Wildman–Crippen MR) is 82.5 cm³/mol. The summed E-state index contributed by atoms with van der Waals surface area (Å²) >= 11 is 0. The van der Waals surface area contributed by atoms with Crippen LogP contribution in [0, 0.1) is 0 Å². The van der Waals surface area contributed by atoms with Gasteiger partial charge in [0, 0.05) is 24.2 Å². The molecule has 21 heavy (non-hydrogen) atoms. The van der Waals surface area contributed by atoms with E-state index in [0.717, 1.165) is 22.5 Å². The van der Waals surface area contributed by atoms with Gasteiger partial charge in [0.15, 0.2) is 0 Å². The van der Waals surface area contributed by atoms with Crippen molar-refractivity contribution in [2.45, 2.75) is 18.8 Å². The van der Waals surface area contributed by atoms with Gasteiger partial charge in [-0.05, 0) is 36.5 Å². The Balaban J connectivity index is 2.00. The van der Waals surface area contributed by atoms with Crippen molar-refractivity contribution >= 4 is 10.9 Å². The maximum Gasteiger partial charge on any atom is 0.145 e. The van der Waals surface area contributed by atoms with Crippen LogP contribution in [0.2, 0.25) is 0 Å². The van der Waals surface area contributed by atoms with Crippen LogP contribution >= 0.6 is 0 Å². The first-order valence-corrected chi connectivity index (χ1v) is 7.23. The average Bonchev–Trinajstić information content (AvgIpc) is 3.26. The van der Waals surface area contributed by atoms with Crippen LogP contribution in [0.5, 0.6) is 5.75 Å². The van der Waals surface area contributed by atoms with Crippen LogP contribution in [0.3, 0.4) is 0 Å². The maximum absolute atomic E-state index is 5.50. The Morgan fingerprint density at radius 3 is 2.81 bits per heavy atom. The number of aromatic nitrogens is 3. The number of aryl methyl sites for hydroxylation is 1. The number of hydrogen-bond donors (Lipinski definition) is 0. The second-order valence-electron chi connectivity index (χ2n) is 5.63. The number of nitrogens with zero attached hydrogens (tertiary/aromatic N) is 3. The second kappa shape index (κ2) is 4.58. The monoisotopic (exact) mass is 279 g/mol. The molecule has 3 aromatic rings. The molecule has 106 valence electrons. The highest BCUT2D eigenvalue weighted by Crippen LogP contribution is 2.45. The van der Waals surface area contributed by atoms with Crippen molar-refractivity contribution in [3.8, 4) is 17.0 Å². The lowest BCUT2D eigenvalue weighted by Crippen LogP contribution is -1.94. The Hall–Kier alpha value is -2.36. The molecule has 4 nitrogen and oxygen atoms in total. The highest BCUT2D eigenvalue weighted by Gasteiger charge is 2.27. The lowest BCUT2D eigenvalue weighted by atomic mass is 10.0. The van der Waals surface area contributed by atoms with Crippen LogP contribution in [0.25, 0.3) is 22.2 Å². The molecule has 0 atom stereocenters. The molecule has 1 aliphatic carbocycles. The summed E-state index contributed by atoms with van der Waals surface area (Å²) < 4.78 is 7.30. The van der Waals surface area contributed by atoms with E-state index in [2.05, 4.69) is 17.2 Å². The van der Waals surface area contributed by atoms with E-state index in [1.54, 1.807) is 11.8 Å². The smallest absolute Gasteiger partial charge is 0.145 e. The maximum atomic E-state index is 5.50. The number of hydrogen-bond acceptors (Lipinski definition) is 3.